The third kappa shape index (κ3) is 4.04. The minimum atomic E-state index is -0.112. The molecule has 9 heteroatoms. The molecule has 152 valence electrons. The van der Waals surface area contributed by atoms with E-state index in [9.17, 15) is 4.79 Å². The fourth-order valence-electron chi connectivity index (χ4n) is 3.66. The molecule has 9 nitrogen and oxygen atoms in total. The van der Waals surface area contributed by atoms with Gasteiger partial charge in [-0.25, -0.2) is 0 Å². The van der Waals surface area contributed by atoms with Crippen LogP contribution < -0.4 is 0 Å². The number of aryl methyl sites for hydroxylation is 2. The van der Waals surface area contributed by atoms with Gasteiger partial charge >= 0.3 is 0 Å². The molecule has 3 aromatic rings. The molecule has 1 fully saturated rings. The first kappa shape index (κ1) is 19.3. The van der Waals surface area contributed by atoms with Crippen LogP contribution in [0.15, 0.2) is 33.4 Å². The Labute approximate surface area is 168 Å². The molecule has 1 unspecified atom stereocenters. The van der Waals surface area contributed by atoms with Crippen LogP contribution in [-0.4, -0.2) is 50.8 Å². The predicted octanol–water partition coefficient (Wildman–Crippen LogP) is 2.81. The Morgan fingerprint density at radius 2 is 2.21 bits per heavy atom. The second kappa shape index (κ2) is 8.52. The van der Waals surface area contributed by atoms with Crippen LogP contribution in [0.3, 0.4) is 0 Å². The number of hydrogen-bond donors (Lipinski definition) is 0. The Bertz CT molecular complexity index is 968. The lowest BCUT2D eigenvalue weighted by atomic mass is 10.1. The maximum atomic E-state index is 13.1. The fourth-order valence-corrected chi connectivity index (χ4v) is 3.66. The van der Waals surface area contributed by atoms with Gasteiger partial charge in [-0.3, -0.25) is 9.78 Å². The van der Waals surface area contributed by atoms with E-state index < -0.39 is 0 Å². The summed E-state index contributed by atoms with van der Waals surface area (Å²) in [6.45, 7) is 2.79. The number of aromatic nitrogens is 4. The van der Waals surface area contributed by atoms with Gasteiger partial charge in [-0.1, -0.05) is 16.4 Å². The SMILES string of the molecule is COCc1c(C(=O)N2CCCC2CCc2noc(-c3ccccn3)n2)noc1C. The van der Waals surface area contributed by atoms with E-state index in [4.69, 9.17) is 13.8 Å². The fraction of sp³-hybridized carbons (Fsp3) is 0.450. The number of nitrogens with zero attached hydrogens (tertiary/aromatic N) is 5. The third-order valence-electron chi connectivity index (χ3n) is 5.17. The van der Waals surface area contributed by atoms with E-state index in [2.05, 4.69) is 20.3 Å². The molecule has 0 aliphatic carbocycles. The van der Waals surface area contributed by atoms with Crippen LogP contribution in [0.2, 0.25) is 0 Å². The second-order valence-corrected chi connectivity index (χ2v) is 7.06. The number of ether oxygens (including phenoxy) is 1. The van der Waals surface area contributed by atoms with Crippen LogP contribution in [0, 0.1) is 6.92 Å². The molecule has 0 radical (unpaired) electrons. The van der Waals surface area contributed by atoms with Gasteiger partial charge in [0.2, 0.25) is 0 Å². The molecule has 1 aliphatic heterocycles. The van der Waals surface area contributed by atoms with Crippen LogP contribution >= 0.6 is 0 Å². The summed E-state index contributed by atoms with van der Waals surface area (Å²) < 4.78 is 15.7. The van der Waals surface area contributed by atoms with Crippen molar-refractivity contribution in [3.8, 4) is 11.6 Å². The molecular weight excluding hydrogens is 374 g/mol. The van der Waals surface area contributed by atoms with Gasteiger partial charge in [0, 0.05) is 32.3 Å². The lowest BCUT2D eigenvalue weighted by Gasteiger charge is -2.23. The molecule has 4 rings (SSSR count). The van der Waals surface area contributed by atoms with Crippen molar-refractivity contribution in [2.75, 3.05) is 13.7 Å². The van der Waals surface area contributed by atoms with Gasteiger partial charge in [0.1, 0.15) is 11.5 Å². The van der Waals surface area contributed by atoms with Crippen molar-refractivity contribution < 1.29 is 18.6 Å². The zero-order chi connectivity index (χ0) is 20.2. The zero-order valence-electron chi connectivity index (χ0n) is 16.5. The lowest BCUT2D eigenvalue weighted by molar-refractivity contribution is 0.0715. The molecular formula is C20H23N5O4. The molecule has 0 saturated carbocycles. The van der Waals surface area contributed by atoms with Crippen molar-refractivity contribution in [3.05, 3.63) is 47.2 Å². The Morgan fingerprint density at radius 3 is 3.00 bits per heavy atom. The van der Waals surface area contributed by atoms with Gasteiger partial charge in [0.25, 0.3) is 11.8 Å². The third-order valence-corrected chi connectivity index (χ3v) is 5.17. The summed E-state index contributed by atoms with van der Waals surface area (Å²) in [5, 5.41) is 8.03. The highest BCUT2D eigenvalue weighted by atomic mass is 16.5. The normalized spacial score (nSPS) is 16.5. The molecule has 0 spiro atoms. The molecule has 29 heavy (non-hydrogen) atoms. The highest BCUT2D eigenvalue weighted by Gasteiger charge is 2.33. The summed E-state index contributed by atoms with van der Waals surface area (Å²) in [7, 11) is 1.59. The summed E-state index contributed by atoms with van der Waals surface area (Å²) in [6.07, 6.45) is 4.95. The summed E-state index contributed by atoms with van der Waals surface area (Å²) >= 11 is 0. The van der Waals surface area contributed by atoms with E-state index in [1.165, 1.54) is 0 Å². The van der Waals surface area contributed by atoms with Crippen molar-refractivity contribution >= 4 is 5.91 Å². The smallest absolute Gasteiger partial charge is 0.276 e. The first-order chi connectivity index (χ1) is 14.2. The molecule has 1 amide bonds. The van der Waals surface area contributed by atoms with E-state index in [-0.39, 0.29) is 11.9 Å². The molecule has 1 saturated heterocycles. The monoisotopic (exact) mass is 397 g/mol. The van der Waals surface area contributed by atoms with Gasteiger partial charge in [-0.15, -0.1) is 0 Å². The van der Waals surface area contributed by atoms with Gasteiger partial charge in [0.15, 0.2) is 11.5 Å². The van der Waals surface area contributed by atoms with Crippen LogP contribution in [0.1, 0.15) is 46.9 Å². The largest absolute Gasteiger partial charge is 0.380 e. The van der Waals surface area contributed by atoms with E-state index in [0.29, 0.717) is 54.0 Å². The standard InChI is InChI=1S/C20H23N5O4/c1-13-15(12-27-2)18(24-28-13)20(26)25-11-5-6-14(25)8-9-17-22-19(29-23-17)16-7-3-4-10-21-16/h3-4,7,10,14H,5-6,8-9,11-12H2,1-2H3. The second-order valence-electron chi connectivity index (χ2n) is 7.06. The van der Waals surface area contributed by atoms with Crippen molar-refractivity contribution in [2.45, 2.75) is 45.3 Å². The quantitative estimate of drug-likeness (QED) is 0.599. The first-order valence-corrected chi connectivity index (χ1v) is 9.66. The van der Waals surface area contributed by atoms with E-state index in [1.807, 2.05) is 23.1 Å². The number of methoxy groups -OCH3 is 1. The number of pyridine rings is 1. The maximum Gasteiger partial charge on any atom is 0.276 e. The molecule has 1 atom stereocenters. The summed E-state index contributed by atoms with van der Waals surface area (Å²) in [4.78, 5) is 23.6. The zero-order valence-corrected chi connectivity index (χ0v) is 16.5. The van der Waals surface area contributed by atoms with Crippen LogP contribution in [0.4, 0.5) is 0 Å². The lowest BCUT2D eigenvalue weighted by Crippen LogP contribution is -2.36. The van der Waals surface area contributed by atoms with Gasteiger partial charge < -0.3 is 18.7 Å². The number of hydrogen-bond acceptors (Lipinski definition) is 8. The summed E-state index contributed by atoms with van der Waals surface area (Å²) in [6, 6.07) is 5.64. The number of carbonyl (C=O) groups is 1. The first-order valence-electron chi connectivity index (χ1n) is 9.66. The number of carbonyl (C=O) groups excluding carboxylic acids is 1. The van der Waals surface area contributed by atoms with Crippen LogP contribution in [0.5, 0.6) is 0 Å². The van der Waals surface area contributed by atoms with Crippen molar-refractivity contribution in [3.63, 3.8) is 0 Å². The highest BCUT2D eigenvalue weighted by molar-refractivity contribution is 5.94. The van der Waals surface area contributed by atoms with Crippen LogP contribution in [0.25, 0.3) is 11.6 Å². The minimum absolute atomic E-state index is 0.103. The molecule has 4 heterocycles. The molecule has 0 bridgehead atoms. The van der Waals surface area contributed by atoms with E-state index in [0.717, 1.165) is 19.3 Å². The van der Waals surface area contributed by atoms with Crippen molar-refractivity contribution in [2.24, 2.45) is 0 Å². The predicted molar refractivity (Wildman–Crippen MR) is 102 cm³/mol. The summed E-state index contributed by atoms with van der Waals surface area (Å²) in [5.41, 5.74) is 1.70. The number of amides is 1. The van der Waals surface area contributed by atoms with Crippen molar-refractivity contribution in [1.29, 1.82) is 0 Å². The summed E-state index contributed by atoms with van der Waals surface area (Å²) in [5.74, 6) is 1.52. The number of rotatable bonds is 7. The van der Waals surface area contributed by atoms with Crippen LogP contribution in [-0.2, 0) is 17.8 Å². The van der Waals surface area contributed by atoms with Gasteiger partial charge in [0.05, 0.1) is 12.2 Å². The van der Waals surface area contributed by atoms with E-state index >= 15 is 0 Å². The molecule has 3 aromatic heterocycles. The topological polar surface area (TPSA) is 107 Å². The van der Waals surface area contributed by atoms with Crippen molar-refractivity contribution in [1.82, 2.24) is 25.2 Å². The average molecular weight is 397 g/mol. The Balaban J connectivity index is 1.42. The Kier molecular flexibility index (Phi) is 5.66. The highest BCUT2D eigenvalue weighted by Crippen LogP contribution is 2.26. The Hall–Kier alpha value is -3.07. The maximum absolute atomic E-state index is 13.1. The Morgan fingerprint density at radius 1 is 1.31 bits per heavy atom. The molecule has 0 N–H and O–H groups in total. The number of likely N-dealkylation sites (tertiary alicyclic amines) is 1. The van der Waals surface area contributed by atoms with Gasteiger partial charge in [-0.05, 0) is 38.3 Å². The minimum Gasteiger partial charge on any atom is -0.380 e. The molecule has 1 aliphatic rings. The molecule has 0 aromatic carbocycles. The average Bonchev–Trinajstić information content (AvgIpc) is 3.48. The van der Waals surface area contributed by atoms with E-state index in [1.54, 1.807) is 20.2 Å². The van der Waals surface area contributed by atoms with Gasteiger partial charge in [-0.2, -0.15) is 4.98 Å².